The Balaban J connectivity index is 1.10. The van der Waals surface area contributed by atoms with E-state index in [2.05, 4.69) is 54.5 Å². The Hall–Kier alpha value is -3.99. The van der Waals surface area contributed by atoms with Crippen molar-refractivity contribution in [2.24, 2.45) is 11.3 Å². The van der Waals surface area contributed by atoms with E-state index in [1.807, 2.05) is 29.3 Å². The van der Waals surface area contributed by atoms with E-state index in [1.54, 1.807) is 7.11 Å². The molecular weight excluding hydrogens is 620 g/mol. The van der Waals surface area contributed by atoms with Crippen LogP contribution in [0, 0.1) is 18.3 Å². The molecule has 3 aromatic heterocycles. The third-order valence-electron chi connectivity index (χ3n) is 12.0. The van der Waals surface area contributed by atoms with E-state index < -0.39 is 6.10 Å². The summed E-state index contributed by atoms with van der Waals surface area (Å²) >= 11 is 0. The number of carbonyl (C=O) groups excluding carboxylic acids is 2. The van der Waals surface area contributed by atoms with Crippen molar-refractivity contribution in [2.75, 3.05) is 20.2 Å². The first-order chi connectivity index (χ1) is 23.6. The number of aliphatic hydroxyl groups is 1. The molecule has 4 saturated carbocycles. The molecule has 0 spiro atoms. The minimum absolute atomic E-state index is 0.0623. The largest absolute Gasteiger partial charge is 0.481 e. The first-order valence-electron chi connectivity index (χ1n) is 18.0. The van der Waals surface area contributed by atoms with E-state index in [-0.39, 0.29) is 46.9 Å². The second-order valence-corrected chi connectivity index (χ2v) is 15.3. The number of carbonyl (C=O) groups is 2. The molecule has 4 heterocycles. The third-order valence-corrected chi connectivity index (χ3v) is 12.0. The van der Waals surface area contributed by atoms with Gasteiger partial charge in [-0.15, -0.1) is 0 Å². The van der Waals surface area contributed by atoms with E-state index in [0.29, 0.717) is 44.7 Å². The lowest BCUT2D eigenvalue weighted by Gasteiger charge is -2.56. The summed E-state index contributed by atoms with van der Waals surface area (Å²) in [6.45, 7) is 6.94. The highest BCUT2D eigenvalue weighted by Gasteiger charge is 2.54. The van der Waals surface area contributed by atoms with E-state index >= 15 is 0 Å². The van der Waals surface area contributed by atoms with Crippen molar-refractivity contribution in [3.05, 3.63) is 59.8 Å². The van der Waals surface area contributed by atoms with Gasteiger partial charge in [-0.1, -0.05) is 0 Å². The molecule has 5 aliphatic rings. The van der Waals surface area contributed by atoms with Crippen LogP contribution in [0.5, 0.6) is 5.88 Å². The van der Waals surface area contributed by atoms with E-state index in [1.165, 1.54) is 10.5 Å². The number of β-amino-alcohol motifs (C(OH)–C–C–N with tert-alkyl or cyclic N) is 1. The normalized spacial score (nSPS) is 27.4. The maximum Gasteiger partial charge on any atom is 0.410 e. The zero-order valence-corrected chi connectivity index (χ0v) is 29.2. The molecule has 5 fully saturated rings. The Morgan fingerprint density at radius 1 is 0.980 bits per heavy atom. The van der Waals surface area contributed by atoms with Crippen LogP contribution in [-0.2, 0) is 14.9 Å². The third kappa shape index (κ3) is 6.54. The molecular formula is C38H50N6O5. The maximum atomic E-state index is 14.1. The first-order valence-corrected chi connectivity index (χ1v) is 18.0. The molecule has 2 N–H and O–H groups in total. The van der Waals surface area contributed by atoms with E-state index in [4.69, 9.17) is 14.5 Å². The van der Waals surface area contributed by atoms with Crippen LogP contribution in [0.2, 0.25) is 0 Å². The number of pyridine rings is 2. The van der Waals surface area contributed by atoms with E-state index in [0.717, 1.165) is 60.9 Å². The summed E-state index contributed by atoms with van der Waals surface area (Å²) < 4.78 is 13.1. The van der Waals surface area contributed by atoms with Gasteiger partial charge >= 0.3 is 6.09 Å². The molecule has 3 aromatic rings. The first kappa shape index (κ1) is 33.5. The lowest BCUT2D eigenvalue weighted by Crippen LogP contribution is -2.54. The van der Waals surface area contributed by atoms with Gasteiger partial charge in [0.25, 0.3) is 0 Å². The Morgan fingerprint density at radius 3 is 2.31 bits per heavy atom. The number of hydrogen-bond acceptors (Lipinski definition) is 8. The Labute approximate surface area is 288 Å². The minimum atomic E-state index is -0.458. The van der Waals surface area contributed by atoms with Gasteiger partial charge in [-0.05, 0) is 125 Å². The number of amides is 2. The van der Waals surface area contributed by atoms with Gasteiger partial charge < -0.3 is 24.8 Å². The fourth-order valence-corrected chi connectivity index (χ4v) is 8.77. The Bertz CT molecular complexity index is 1650. The highest BCUT2D eigenvalue weighted by Crippen LogP contribution is 2.62. The zero-order valence-electron chi connectivity index (χ0n) is 29.2. The number of rotatable bonds is 9. The quantitative estimate of drug-likeness (QED) is 0.281. The molecule has 11 nitrogen and oxygen atoms in total. The second kappa shape index (κ2) is 13.4. The number of aromatic nitrogens is 4. The molecule has 49 heavy (non-hydrogen) atoms. The molecule has 11 heteroatoms. The monoisotopic (exact) mass is 670 g/mol. The summed E-state index contributed by atoms with van der Waals surface area (Å²) in [5.41, 5.74) is 5.33. The molecule has 262 valence electrons. The van der Waals surface area contributed by atoms with Gasteiger partial charge in [-0.2, -0.15) is 5.10 Å². The molecule has 8 rings (SSSR count). The minimum Gasteiger partial charge on any atom is -0.481 e. The van der Waals surface area contributed by atoms with Crippen LogP contribution >= 0.6 is 0 Å². The summed E-state index contributed by atoms with van der Waals surface area (Å²) in [5, 5.41) is 17.7. The van der Waals surface area contributed by atoms with Crippen molar-refractivity contribution in [3.63, 3.8) is 0 Å². The van der Waals surface area contributed by atoms with Crippen molar-refractivity contribution < 1.29 is 24.2 Å². The maximum absolute atomic E-state index is 14.1. The van der Waals surface area contributed by atoms with Crippen molar-refractivity contribution in [2.45, 2.75) is 115 Å². The van der Waals surface area contributed by atoms with Crippen molar-refractivity contribution in [3.8, 4) is 17.0 Å². The van der Waals surface area contributed by atoms with Crippen LogP contribution in [0.3, 0.4) is 0 Å². The van der Waals surface area contributed by atoms with Crippen LogP contribution in [0.15, 0.2) is 43.0 Å². The number of hydrogen-bond donors (Lipinski definition) is 2. The molecule has 2 bridgehead atoms. The highest BCUT2D eigenvalue weighted by atomic mass is 16.6. The molecule has 1 atom stereocenters. The van der Waals surface area contributed by atoms with Crippen LogP contribution in [-0.4, -0.2) is 74.2 Å². The van der Waals surface area contributed by atoms with Crippen LogP contribution < -0.4 is 10.1 Å². The summed E-state index contributed by atoms with van der Waals surface area (Å²) in [5.74, 6) is 0.593. The lowest BCUT2D eigenvalue weighted by atomic mass is 9.49. The van der Waals surface area contributed by atoms with Gasteiger partial charge in [0.05, 0.1) is 44.2 Å². The molecule has 1 saturated heterocycles. The van der Waals surface area contributed by atoms with Gasteiger partial charge in [0, 0.05) is 41.7 Å². The summed E-state index contributed by atoms with van der Waals surface area (Å²) in [6, 6.07) is 6.47. The topological polar surface area (TPSA) is 132 Å². The summed E-state index contributed by atoms with van der Waals surface area (Å²) in [6.07, 6.45) is 15.6. The molecule has 4 aliphatic carbocycles. The fourth-order valence-electron chi connectivity index (χ4n) is 8.77. The van der Waals surface area contributed by atoms with Crippen molar-refractivity contribution >= 4 is 12.0 Å². The number of methoxy groups -OCH3 is 1. The van der Waals surface area contributed by atoms with Gasteiger partial charge in [0.15, 0.2) is 0 Å². The lowest BCUT2D eigenvalue weighted by molar-refractivity contribution is -0.129. The molecule has 0 aromatic carbocycles. The number of aliphatic hydroxyl groups excluding tert-OH is 1. The summed E-state index contributed by atoms with van der Waals surface area (Å²) in [4.78, 5) is 37.6. The predicted molar refractivity (Wildman–Crippen MR) is 184 cm³/mol. The molecule has 1 aliphatic heterocycles. The van der Waals surface area contributed by atoms with Crippen LogP contribution in [0.1, 0.15) is 107 Å². The number of nitrogens with zero attached hydrogens (tertiary/aromatic N) is 5. The fraction of sp³-hybridized carbons (Fsp3) is 0.605. The number of likely N-dealkylation sites (tertiary alicyclic amines) is 1. The number of nitrogens with one attached hydrogen (secondary N) is 1. The van der Waals surface area contributed by atoms with Gasteiger partial charge in [-0.25, -0.2) is 9.78 Å². The Morgan fingerprint density at radius 2 is 1.69 bits per heavy atom. The van der Waals surface area contributed by atoms with Crippen molar-refractivity contribution in [1.82, 2.24) is 30.0 Å². The Kier molecular flexibility index (Phi) is 9.15. The van der Waals surface area contributed by atoms with Gasteiger partial charge in [-0.3, -0.25) is 14.5 Å². The molecule has 2 amide bonds. The standard InChI is InChI=1S/C38H50N6O5/c1-24(2)44-21-28(19-41-44)27-9-16-39-32(18-27)33(42-34(46)26-5-7-31(8-6-26)49-36(47)43-22-30(45)23-43)38-13-10-37(11-14-38,12-15-38)29-17-25(3)35(48-4)40-20-29/h9,16-21,24,26,30-31,33,45H,5-8,10-15,22-23H2,1-4H3,(H,42,46). The second-order valence-electron chi connectivity index (χ2n) is 15.3. The zero-order chi connectivity index (χ0) is 34.3. The average Bonchev–Trinajstić information content (AvgIpc) is 3.61. The van der Waals surface area contributed by atoms with Gasteiger partial charge in [0.2, 0.25) is 11.8 Å². The molecule has 0 radical (unpaired) electrons. The average molecular weight is 671 g/mol. The number of ether oxygens (including phenoxy) is 2. The smallest absolute Gasteiger partial charge is 0.410 e. The number of fused-ring (bicyclic) bond motifs is 3. The van der Waals surface area contributed by atoms with Crippen LogP contribution in [0.25, 0.3) is 11.1 Å². The SMILES string of the molecule is COc1ncc(C23CCC(C(NC(=O)C4CCC(OC(=O)N5CC(O)C5)CC4)c4cc(-c5cnn(C(C)C)c5)ccn4)(CC2)CC3)cc1C. The van der Waals surface area contributed by atoms with Crippen LogP contribution in [0.4, 0.5) is 4.79 Å². The number of aryl methyl sites for hydroxylation is 1. The van der Waals surface area contributed by atoms with E-state index in [9.17, 15) is 14.7 Å². The van der Waals surface area contributed by atoms with Gasteiger partial charge in [0.1, 0.15) is 6.10 Å². The highest BCUT2D eigenvalue weighted by molar-refractivity contribution is 5.79. The molecule has 1 unspecified atom stereocenters. The predicted octanol–water partition coefficient (Wildman–Crippen LogP) is 6.06. The summed E-state index contributed by atoms with van der Waals surface area (Å²) in [7, 11) is 1.67. The van der Waals surface area contributed by atoms with Crippen molar-refractivity contribution in [1.29, 1.82) is 0 Å².